The fourth-order valence-corrected chi connectivity index (χ4v) is 1.64. The third-order valence-corrected chi connectivity index (χ3v) is 2.47. The lowest BCUT2D eigenvalue weighted by atomic mass is 10.2. The molecule has 0 amide bonds. The summed E-state index contributed by atoms with van der Waals surface area (Å²) in [6.45, 7) is 4.15. The van der Waals surface area contributed by atoms with E-state index in [0.717, 1.165) is 5.82 Å². The van der Waals surface area contributed by atoms with Gasteiger partial charge >= 0.3 is 0 Å². The van der Waals surface area contributed by atoms with E-state index in [4.69, 9.17) is 10.5 Å². The number of nitrogens with two attached hydrogens (primary N) is 1. The number of hydrogen-bond acceptors (Lipinski definition) is 4. The van der Waals surface area contributed by atoms with E-state index in [1.807, 2.05) is 13.8 Å². The number of H-pyrrole nitrogens is 1. The van der Waals surface area contributed by atoms with E-state index in [1.54, 1.807) is 18.5 Å². The molecule has 0 aliphatic carbocycles. The van der Waals surface area contributed by atoms with Crippen molar-refractivity contribution >= 4 is 11.4 Å². The lowest BCUT2D eigenvalue weighted by Gasteiger charge is -2.14. The third kappa shape index (κ3) is 3.37. The Morgan fingerprint density at radius 2 is 2.26 bits per heavy atom. The Bertz CT molecular complexity index is 540. The van der Waals surface area contributed by atoms with Crippen molar-refractivity contribution in [3.05, 3.63) is 36.2 Å². The number of imidazole rings is 1. The largest absolute Gasteiger partial charge is 0.488 e. The molecule has 0 radical (unpaired) electrons. The average Bonchev–Trinajstić information content (AvgIpc) is 2.83. The number of nitrogen functional groups attached to an aromatic ring is 1. The summed E-state index contributed by atoms with van der Waals surface area (Å²) < 4.78 is 19.0. The van der Waals surface area contributed by atoms with Gasteiger partial charge in [-0.15, -0.1) is 0 Å². The summed E-state index contributed by atoms with van der Waals surface area (Å²) in [5.41, 5.74) is 6.72. The second-order valence-electron chi connectivity index (χ2n) is 4.43. The summed E-state index contributed by atoms with van der Waals surface area (Å²) in [6.07, 6.45) is 3.30. The highest BCUT2D eigenvalue weighted by molar-refractivity contribution is 5.68. The van der Waals surface area contributed by atoms with Crippen molar-refractivity contribution in [2.45, 2.75) is 26.5 Å². The Labute approximate surface area is 111 Å². The van der Waals surface area contributed by atoms with E-state index < -0.39 is 5.82 Å². The van der Waals surface area contributed by atoms with Gasteiger partial charge in [-0.2, -0.15) is 0 Å². The van der Waals surface area contributed by atoms with Crippen LogP contribution in [0.15, 0.2) is 24.5 Å². The Balaban J connectivity index is 2.15. The van der Waals surface area contributed by atoms with Gasteiger partial charge in [0.15, 0.2) is 11.6 Å². The summed E-state index contributed by atoms with van der Waals surface area (Å²) >= 11 is 0. The van der Waals surface area contributed by atoms with Crippen molar-refractivity contribution in [1.29, 1.82) is 0 Å². The van der Waals surface area contributed by atoms with Gasteiger partial charge in [0.25, 0.3) is 0 Å². The summed E-state index contributed by atoms with van der Waals surface area (Å²) in [5.74, 6) is 0.496. The monoisotopic (exact) mass is 264 g/mol. The molecule has 5 nitrogen and oxygen atoms in total. The van der Waals surface area contributed by atoms with Crippen LogP contribution >= 0.6 is 0 Å². The maximum Gasteiger partial charge on any atom is 0.167 e. The summed E-state index contributed by atoms with van der Waals surface area (Å²) in [4.78, 5) is 7.05. The number of anilines is 2. The second kappa shape index (κ2) is 5.60. The first-order valence-electron chi connectivity index (χ1n) is 6.04. The molecule has 0 aliphatic heterocycles. The molecule has 0 saturated carbocycles. The molecule has 19 heavy (non-hydrogen) atoms. The standard InChI is InChI=1S/C13H17FN4O/c1-8(2)19-12-6-11(10(15)5-9(12)14)18-7-13-16-3-4-17-13/h3-6,8,18H,7,15H2,1-2H3,(H,16,17). The van der Waals surface area contributed by atoms with E-state index >= 15 is 0 Å². The number of benzene rings is 1. The molecule has 4 N–H and O–H groups in total. The predicted octanol–water partition coefficient (Wildman–Crippen LogP) is 2.53. The smallest absolute Gasteiger partial charge is 0.167 e. The topological polar surface area (TPSA) is 76.0 Å². The van der Waals surface area contributed by atoms with E-state index in [-0.39, 0.29) is 11.9 Å². The molecule has 0 saturated heterocycles. The van der Waals surface area contributed by atoms with Crippen LogP contribution in [0.2, 0.25) is 0 Å². The average molecular weight is 264 g/mol. The van der Waals surface area contributed by atoms with Crippen LogP contribution in [0, 0.1) is 5.82 Å². The van der Waals surface area contributed by atoms with Crippen molar-refractivity contribution in [2.75, 3.05) is 11.1 Å². The van der Waals surface area contributed by atoms with Crippen LogP contribution in [0.25, 0.3) is 0 Å². The molecule has 0 unspecified atom stereocenters. The fraction of sp³-hybridized carbons (Fsp3) is 0.308. The molecule has 6 heteroatoms. The maximum absolute atomic E-state index is 13.7. The van der Waals surface area contributed by atoms with Crippen LogP contribution in [0.5, 0.6) is 5.75 Å². The highest BCUT2D eigenvalue weighted by Crippen LogP contribution is 2.29. The normalized spacial score (nSPS) is 10.7. The summed E-state index contributed by atoms with van der Waals surface area (Å²) in [7, 11) is 0. The van der Waals surface area contributed by atoms with Crippen LogP contribution in [0.3, 0.4) is 0 Å². The molecule has 0 bridgehead atoms. The minimum Gasteiger partial charge on any atom is -0.488 e. The first-order valence-corrected chi connectivity index (χ1v) is 6.04. The highest BCUT2D eigenvalue weighted by Gasteiger charge is 2.10. The SMILES string of the molecule is CC(C)Oc1cc(NCc2ncc[nH]2)c(N)cc1F. The summed E-state index contributed by atoms with van der Waals surface area (Å²) in [6, 6.07) is 2.82. The molecular weight excluding hydrogens is 247 g/mol. The van der Waals surface area contributed by atoms with E-state index in [0.29, 0.717) is 17.9 Å². The first-order chi connectivity index (χ1) is 9.06. The summed E-state index contributed by atoms with van der Waals surface area (Å²) in [5, 5.41) is 3.09. The minimum absolute atomic E-state index is 0.101. The quantitative estimate of drug-likeness (QED) is 0.725. The Morgan fingerprint density at radius 3 is 2.89 bits per heavy atom. The minimum atomic E-state index is -0.463. The molecule has 1 aromatic heterocycles. The van der Waals surface area contributed by atoms with Crippen molar-refractivity contribution in [3.8, 4) is 5.75 Å². The molecule has 1 aromatic carbocycles. The van der Waals surface area contributed by atoms with Crippen LogP contribution in [0.1, 0.15) is 19.7 Å². The lowest BCUT2D eigenvalue weighted by Crippen LogP contribution is -2.09. The van der Waals surface area contributed by atoms with Gasteiger partial charge in [0, 0.05) is 24.5 Å². The Hall–Kier alpha value is -2.24. The zero-order chi connectivity index (χ0) is 13.8. The number of hydrogen-bond donors (Lipinski definition) is 3. The molecule has 0 fully saturated rings. The number of aromatic nitrogens is 2. The number of ether oxygens (including phenoxy) is 1. The molecule has 0 aliphatic rings. The van der Waals surface area contributed by atoms with Crippen molar-refractivity contribution in [1.82, 2.24) is 9.97 Å². The Kier molecular flexibility index (Phi) is 3.89. The lowest BCUT2D eigenvalue weighted by molar-refractivity contribution is 0.231. The van der Waals surface area contributed by atoms with Crippen molar-refractivity contribution < 1.29 is 9.13 Å². The van der Waals surface area contributed by atoms with Crippen LogP contribution < -0.4 is 15.8 Å². The van der Waals surface area contributed by atoms with Gasteiger partial charge in [-0.05, 0) is 13.8 Å². The molecule has 102 valence electrons. The molecule has 2 rings (SSSR count). The van der Waals surface area contributed by atoms with E-state index in [2.05, 4.69) is 15.3 Å². The predicted molar refractivity (Wildman–Crippen MR) is 72.5 cm³/mol. The van der Waals surface area contributed by atoms with Crippen LogP contribution in [0.4, 0.5) is 15.8 Å². The fourth-order valence-electron chi connectivity index (χ4n) is 1.64. The molecule has 0 atom stereocenters. The Morgan fingerprint density at radius 1 is 1.47 bits per heavy atom. The van der Waals surface area contributed by atoms with Gasteiger partial charge in [-0.1, -0.05) is 0 Å². The van der Waals surface area contributed by atoms with Crippen LogP contribution in [-0.2, 0) is 6.54 Å². The zero-order valence-electron chi connectivity index (χ0n) is 10.9. The van der Waals surface area contributed by atoms with Gasteiger partial charge in [-0.3, -0.25) is 0 Å². The zero-order valence-corrected chi connectivity index (χ0v) is 10.9. The van der Waals surface area contributed by atoms with E-state index in [1.165, 1.54) is 6.07 Å². The highest BCUT2D eigenvalue weighted by atomic mass is 19.1. The van der Waals surface area contributed by atoms with Crippen LogP contribution in [-0.4, -0.2) is 16.1 Å². The van der Waals surface area contributed by atoms with Gasteiger partial charge < -0.3 is 20.8 Å². The first kappa shape index (κ1) is 13.2. The molecule has 1 heterocycles. The maximum atomic E-state index is 13.7. The second-order valence-corrected chi connectivity index (χ2v) is 4.43. The molecule has 0 spiro atoms. The van der Waals surface area contributed by atoms with Gasteiger partial charge in [0.05, 0.1) is 24.0 Å². The molecular formula is C13H17FN4O. The number of rotatable bonds is 5. The van der Waals surface area contributed by atoms with Gasteiger partial charge in [-0.25, -0.2) is 9.37 Å². The number of halogens is 1. The number of nitrogens with one attached hydrogen (secondary N) is 2. The molecule has 2 aromatic rings. The van der Waals surface area contributed by atoms with Crippen molar-refractivity contribution in [2.24, 2.45) is 0 Å². The number of aromatic amines is 1. The van der Waals surface area contributed by atoms with Crippen molar-refractivity contribution in [3.63, 3.8) is 0 Å². The van der Waals surface area contributed by atoms with E-state index in [9.17, 15) is 4.39 Å². The van der Waals surface area contributed by atoms with Gasteiger partial charge in [0.2, 0.25) is 0 Å². The van der Waals surface area contributed by atoms with Gasteiger partial charge in [0.1, 0.15) is 5.82 Å². The third-order valence-electron chi connectivity index (χ3n) is 2.47. The number of nitrogens with zero attached hydrogens (tertiary/aromatic N) is 1.